The van der Waals surface area contributed by atoms with Gasteiger partial charge in [0.1, 0.15) is 0 Å². The number of nitrogens with zero attached hydrogens (tertiary/aromatic N) is 3. The number of aryl methyl sites for hydroxylation is 1. The van der Waals surface area contributed by atoms with Gasteiger partial charge in [-0.3, -0.25) is 9.59 Å². The summed E-state index contributed by atoms with van der Waals surface area (Å²) in [6, 6.07) is 15.4. The molecular formula is C20H17N3O3S2. The number of amides is 1. The second-order valence-electron chi connectivity index (χ2n) is 5.96. The van der Waals surface area contributed by atoms with E-state index in [1.807, 2.05) is 53.1 Å². The molecule has 4 aromatic rings. The van der Waals surface area contributed by atoms with Crippen molar-refractivity contribution >= 4 is 55.0 Å². The molecule has 28 heavy (non-hydrogen) atoms. The van der Waals surface area contributed by atoms with Gasteiger partial charge < -0.3 is 9.30 Å². The maximum Gasteiger partial charge on any atom is 0.308 e. The number of esters is 1. The summed E-state index contributed by atoms with van der Waals surface area (Å²) in [6.45, 7) is 2.53. The first kappa shape index (κ1) is 18.5. The van der Waals surface area contributed by atoms with E-state index in [2.05, 4.69) is 9.98 Å². The molecule has 0 N–H and O–H groups in total. The fourth-order valence-corrected chi connectivity index (χ4v) is 4.76. The van der Waals surface area contributed by atoms with Gasteiger partial charge in [-0.2, -0.15) is 4.99 Å². The number of benzene rings is 2. The predicted octanol–water partition coefficient (Wildman–Crippen LogP) is 4.01. The molecule has 0 aliphatic heterocycles. The molecular weight excluding hydrogens is 394 g/mol. The normalized spacial score (nSPS) is 12.0. The van der Waals surface area contributed by atoms with E-state index >= 15 is 0 Å². The van der Waals surface area contributed by atoms with Crippen molar-refractivity contribution in [2.24, 2.45) is 4.99 Å². The number of para-hydroxylation sites is 2. The third-order valence-electron chi connectivity index (χ3n) is 4.11. The molecule has 2 aromatic carbocycles. The second kappa shape index (κ2) is 8.04. The molecule has 4 rings (SSSR count). The van der Waals surface area contributed by atoms with Crippen LogP contribution in [0.5, 0.6) is 0 Å². The van der Waals surface area contributed by atoms with Crippen molar-refractivity contribution in [3.05, 3.63) is 58.3 Å². The van der Waals surface area contributed by atoms with Gasteiger partial charge in [0.2, 0.25) is 0 Å². The molecule has 0 spiro atoms. The molecule has 0 aliphatic rings. The fourth-order valence-electron chi connectivity index (χ4n) is 2.86. The lowest BCUT2D eigenvalue weighted by Gasteiger charge is -2.05. The Kier molecular flexibility index (Phi) is 5.31. The van der Waals surface area contributed by atoms with Crippen LogP contribution in [-0.4, -0.2) is 28.0 Å². The van der Waals surface area contributed by atoms with Crippen LogP contribution in [0.1, 0.15) is 23.1 Å². The highest BCUT2D eigenvalue weighted by Gasteiger charge is 2.14. The lowest BCUT2D eigenvalue weighted by Crippen LogP contribution is -2.19. The highest BCUT2D eigenvalue weighted by Crippen LogP contribution is 2.22. The molecule has 2 heterocycles. The SMILES string of the molecule is CCOC(=O)CCn1c(=NC(=O)c2nc3ccccc3s2)sc2ccccc21. The largest absolute Gasteiger partial charge is 0.466 e. The summed E-state index contributed by atoms with van der Waals surface area (Å²) in [7, 11) is 0. The summed E-state index contributed by atoms with van der Waals surface area (Å²) in [4.78, 5) is 33.8. The molecule has 0 fully saturated rings. The van der Waals surface area contributed by atoms with Crippen molar-refractivity contribution < 1.29 is 14.3 Å². The number of hydrogen-bond acceptors (Lipinski definition) is 6. The van der Waals surface area contributed by atoms with Crippen LogP contribution in [0.15, 0.2) is 53.5 Å². The third-order valence-corrected chi connectivity index (χ3v) is 6.19. The summed E-state index contributed by atoms with van der Waals surface area (Å²) in [6.07, 6.45) is 0.219. The van der Waals surface area contributed by atoms with E-state index in [1.165, 1.54) is 22.7 Å². The van der Waals surface area contributed by atoms with Gasteiger partial charge in [0.25, 0.3) is 0 Å². The quantitative estimate of drug-likeness (QED) is 0.465. The summed E-state index contributed by atoms with van der Waals surface area (Å²) in [5.74, 6) is -0.647. The lowest BCUT2D eigenvalue weighted by molar-refractivity contribution is -0.143. The van der Waals surface area contributed by atoms with Crippen LogP contribution in [-0.2, 0) is 16.1 Å². The summed E-state index contributed by atoms with van der Waals surface area (Å²) in [5, 5.41) is 0.357. The Morgan fingerprint density at radius 1 is 1.07 bits per heavy atom. The van der Waals surface area contributed by atoms with Crippen LogP contribution in [0.2, 0.25) is 0 Å². The summed E-state index contributed by atoms with van der Waals surface area (Å²) in [5.41, 5.74) is 1.73. The Morgan fingerprint density at radius 2 is 1.82 bits per heavy atom. The molecule has 0 bridgehead atoms. The minimum atomic E-state index is -0.377. The van der Waals surface area contributed by atoms with Gasteiger partial charge in [0.05, 0.1) is 33.5 Å². The maximum absolute atomic E-state index is 12.7. The van der Waals surface area contributed by atoms with Crippen molar-refractivity contribution in [3.63, 3.8) is 0 Å². The average molecular weight is 412 g/mol. The minimum absolute atomic E-state index is 0.219. The zero-order valence-corrected chi connectivity index (χ0v) is 16.8. The fraction of sp³-hybridized carbons (Fsp3) is 0.200. The molecule has 0 aliphatic carbocycles. The van der Waals surface area contributed by atoms with E-state index in [4.69, 9.17) is 4.74 Å². The molecule has 0 radical (unpaired) electrons. The van der Waals surface area contributed by atoms with Crippen LogP contribution in [0.3, 0.4) is 0 Å². The van der Waals surface area contributed by atoms with E-state index in [0.717, 1.165) is 20.4 Å². The van der Waals surface area contributed by atoms with E-state index in [1.54, 1.807) is 6.92 Å². The number of hydrogen-bond donors (Lipinski definition) is 0. The summed E-state index contributed by atoms with van der Waals surface area (Å²) < 4.78 is 8.87. The van der Waals surface area contributed by atoms with Gasteiger partial charge >= 0.3 is 11.9 Å². The van der Waals surface area contributed by atoms with Crippen molar-refractivity contribution in [3.8, 4) is 0 Å². The molecule has 0 saturated heterocycles. The highest BCUT2D eigenvalue weighted by molar-refractivity contribution is 7.20. The number of carbonyl (C=O) groups is 2. The number of fused-ring (bicyclic) bond motifs is 2. The number of rotatable bonds is 5. The lowest BCUT2D eigenvalue weighted by atomic mass is 10.3. The summed E-state index contributed by atoms with van der Waals surface area (Å²) >= 11 is 2.75. The Labute approximate surface area is 168 Å². The second-order valence-corrected chi connectivity index (χ2v) is 8.00. The highest BCUT2D eigenvalue weighted by atomic mass is 32.1. The van der Waals surface area contributed by atoms with Crippen molar-refractivity contribution in [2.45, 2.75) is 19.9 Å². The smallest absolute Gasteiger partial charge is 0.308 e. The predicted molar refractivity (Wildman–Crippen MR) is 111 cm³/mol. The molecule has 142 valence electrons. The van der Waals surface area contributed by atoms with E-state index in [9.17, 15) is 9.59 Å². The molecule has 0 atom stereocenters. The van der Waals surface area contributed by atoms with Gasteiger partial charge in [-0.1, -0.05) is 35.6 Å². The maximum atomic E-state index is 12.7. The van der Waals surface area contributed by atoms with Crippen molar-refractivity contribution in [2.75, 3.05) is 6.61 Å². The Hall–Kier alpha value is -2.84. The number of thiazole rings is 2. The molecule has 1 amide bonds. The van der Waals surface area contributed by atoms with Gasteiger partial charge in [-0.15, -0.1) is 11.3 Å². The Balaban J connectivity index is 1.72. The first-order valence-corrected chi connectivity index (χ1v) is 10.5. The van der Waals surface area contributed by atoms with Crippen LogP contribution in [0.25, 0.3) is 20.4 Å². The van der Waals surface area contributed by atoms with Crippen LogP contribution < -0.4 is 4.80 Å². The average Bonchev–Trinajstić information content (AvgIpc) is 3.28. The Bertz CT molecular complexity index is 1200. The first-order chi connectivity index (χ1) is 13.7. The van der Waals surface area contributed by atoms with Gasteiger partial charge in [0.15, 0.2) is 9.81 Å². The van der Waals surface area contributed by atoms with Crippen LogP contribution >= 0.6 is 22.7 Å². The topological polar surface area (TPSA) is 73.6 Å². The zero-order chi connectivity index (χ0) is 19.5. The zero-order valence-electron chi connectivity index (χ0n) is 15.1. The van der Waals surface area contributed by atoms with Gasteiger partial charge in [-0.25, -0.2) is 4.98 Å². The standard InChI is InChI=1S/C20H17N3O3S2/c1-2-26-17(24)11-12-23-14-8-4-6-10-16(14)28-20(23)22-18(25)19-21-13-7-3-5-9-15(13)27-19/h3-10H,2,11-12H2,1H3. The molecule has 2 aromatic heterocycles. The third kappa shape index (κ3) is 3.74. The van der Waals surface area contributed by atoms with Gasteiger partial charge in [-0.05, 0) is 31.2 Å². The van der Waals surface area contributed by atoms with E-state index in [-0.39, 0.29) is 18.3 Å². The van der Waals surface area contributed by atoms with E-state index in [0.29, 0.717) is 23.0 Å². The number of ether oxygens (including phenoxy) is 1. The number of aromatic nitrogens is 2. The minimum Gasteiger partial charge on any atom is -0.466 e. The molecule has 6 nitrogen and oxygen atoms in total. The Morgan fingerprint density at radius 3 is 2.61 bits per heavy atom. The first-order valence-electron chi connectivity index (χ1n) is 8.84. The molecule has 0 unspecified atom stereocenters. The van der Waals surface area contributed by atoms with Crippen LogP contribution in [0, 0.1) is 0 Å². The van der Waals surface area contributed by atoms with Crippen molar-refractivity contribution in [1.82, 2.24) is 9.55 Å². The molecule has 8 heteroatoms. The number of carbonyl (C=O) groups excluding carboxylic acids is 2. The molecule has 0 saturated carbocycles. The van der Waals surface area contributed by atoms with Gasteiger partial charge in [0, 0.05) is 6.54 Å². The van der Waals surface area contributed by atoms with E-state index < -0.39 is 0 Å². The van der Waals surface area contributed by atoms with Crippen LogP contribution in [0.4, 0.5) is 0 Å². The monoisotopic (exact) mass is 411 g/mol. The van der Waals surface area contributed by atoms with Crippen molar-refractivity contribution in [1.29, 1.82) is 0 Å².